The van der Waals surface area contributed by atoms with E-state index in [1.807, 2.05) is 0 Å². The fourth-order valence-corrected chi connectivity index (χ4v) is 3.55. The first kappa shape index (κ1) is 12.3. The lowest BCUT2D eigenvalue weighted by Gasteiger charge is -2.23. The van der Waals surface area contributed by atoms with E-state index >= 15 is 0 Å². The molecule has 0 saturated heterocycles. The highest BCUT2D eigenvalue weighted by molar-refractivity contribution is 5.95. The van der Waals surface area contributed by atoms with Gasteiger partial charge in [0.15, 0.2) is 0 Å². The maximum Gasteiger partial charge on any atom is 0.251 e. The van der Waals surface area contributed by atoms with Crippen molar-refractivity contribution in [1.82, 2.24) is 5.32 Å². The van der Waals surface area contributed by atoms with Gasteiger partial charge in [0.25, 0.3) is 5.91 Å². The number of nitrogens with one attached hydrogen (secondary N) is 1. The molecule has 2 fully saturated rings. The van der Waals surface area contributed by atoms with Crippen LogP contribution in [0, 0.1) is 11.8 Å². The fraction of sp³-hybridized carbons (Fsp3) is 0.533. The van der Waals surface area contributed by atoms with Gasteiger partial charge in [0.2, 0.25) is 0 Å². The third-order valence-electron chi connectivity index (χ3n) is 4.55. The summed E-state index contributed by atoms with van der Waals surface area (Å²) in [5.41, 5.74) is 6.95. The summed E-state index contributed by atoms with van der Waals surface area (Å²) in [4.78, 5) is 12.2. The smallest absolute Gasteiger partial charge is 0.251 e. The van der Waals surface area contributed by atoms with E-state index in [1.54, 1.807) is 25.3 Å². The van der Waals surface area contributed by atoms with Gasteiger partial charge in [-0.05, 0) is 49.3 Å². The van der Waals surface area contributed by atoms with E-state index < -0.39 is 0 Å². The van der Waals surface area contributed by atoms with Gasteiger partial charge in [0, 0.05) is 11.6 Å². The summed E-state index contributed by atoms with van der Waals surface area (Å²) >= 11 is 0. The number of hydrogen-bond acceptors (Lipinski definition) is 3. The zero-order valence-corrected chi connectivity index (χ0v) is 11.2. The molecule has 1 aromatic rings. The minimum atomic E-state index is -0.0214. The number of amides is 1. The lowest BCUT2D eigenvalue weighted by Crippen LogP contribution is -2.38. The van der Waals surface area contributed by atoms with E-state index in [0.29, 0.717) is 29.0 Å². The normalized spacial score (nSPS) is 28.4. The van der Waals surface area contributed by atoms with Gasteiger partial charge in [0.05, 0.1) is 12.8 Å². The molecule has 1 amide bonds. The number of fused-ring (bicyclic) bond motifs is 2. The maximum atomic E-state index is 12.2. The molecule has 2 saturated carbocycles. The van der Waals surface area contributed by atoms with Gasteiger partial charge in [0.1, 0.15) is 5.75 Å². The number of anilines is 1. The number of nitrogen functional groups attached to an aromatic ring is 1. The second kappa shape index (κ2) is 4.76. The molecule has 0 aliphatic heterocycles. The summed E-state index contributed by atoms with van der Waals surface area (Å²) in [6, 6.07) is 5.54. The molecule has 3 N–H and O–H groups in total. The summed E-state index contributed by atoms with van der Waals surface area (Å²) in [5.74, 6) is 2.10. The average molecular weight is 260 g/mol. The highest BCUT2D eigenvalue weighted by Crippen LogP contribution is 2.44. The Kier molecular flexibility index (Phi) is 3.09. The van der Waals surface area contributed by atoms with Crippen molar-refractivity contribution in [2.75, 3.05) is 12.8 Å². The van der Waals surface area contributed by atoms with Crippen molar-refractivity contribution in [2.45, 2.75) is 31.7 Å². The Morgan fingerprint density at radius 3 is 2.79 bits per heavy atom. The zero-order chi connectivity index (χ0) is 13.4. The van der Waals surface area contributed by atoms with Crippen molar-refractivity contribution in [2.24, 2.45) is 11.8 Å². The van der Waals surface area contributed by atoms with Crippen LogP contribution in [0.15, 0.2) is 18.2 Å². The van der Waals surface area contributed by atoms with Crippen molar-refractivity contribution in [3.8, 4) is 5.75 Å². The summed E-state index contributed by atoms with van der Waals surface area (Å²) in [6.45, 7) is 0. The molecule has 2 aliphatic carbocycles. The predicted octanol–water partition coefficient (Wildman–Crippen LogP) is 2.20. The molecule has 2 bridgehead atoms. The van der Waals surface area contributed by atoms with Crippen LogP contribution in [0.3, 0.4) is 0 Å². The first-order valence-corrected chi connectivity index (χ1v) is 6.91. The number of nitrogens with two attached hydrogens (primary N) is 1. The van der Waals surface area contributed by atoms with Crippen molar-refractivity contribution in [3.63, 3.8) is 0 Å². The Bertz CT molecular complexity index is 501. The third kappa shape index (κ3) is 2.27. The maximum absolute atomic E-state index is 12.2. The molecular formula is C15H20N2O2. The van der Waals surface area contributed by atoms with Gasteiger partial charge in [-0.3, -0.25) is 4.79 Å². The molecule has 4 nitrogen and oxygen atoms in total. The van der Waals surface area contributed by atoms with Crippen LogP contribution >= 0.6 is 0 Å². The molecule has 3 unspecified atom stereocenters. The van der Waals surface area contributed by atoms with Gasteiger partial charge in [-0.15, -0.1) is 0 Å². The number of carbonyl (C=O) groups is 1. The van der Waals surface area contributed by atoms with Crippen LogP contribution in [0.5, 0.6) is 5.75 Å². The lowest BCUT2D eigenvalue weighted by molar-refractivity contribution is 0.0923. The molecule has 0 heterocycles. The lowest BCUT2D eigenvalue weighted by atomic mass is 9.95. The molecule has 102 valence electrons. The quantitative estimate of drug-likeness (QED) is 0.819. The zero-order valence-electron chi connectivity index (χ0n) is 11.2. The average Bonchev–Trinajstić information content (AvgIpc) is 3.00. The van der Waals surface area contributed by atoms with E-state index in [4.69, 9.17) is 10.5 Å². The third-order valence-corrected chi connectivity index (χ3v) is 4.55. The topological polar surface area (TPSA) is 64.3 Å². The van der Waals surface area contributed by atoms with E-state index in [9.17, 15) is 4.79 Å². The minimum Gasteiger partial charge on any atom is -0.495 e. The van der Waals surface area contributed by atoms with Crippen molar-refractivity contribution < 1.29 is 9.53 Å². The van der Waals surface area contributed by atoms with Gasteiger partial charge >= 0.3 is 0 Å². The molecular weight excluding hydrogens is 240 g/mol. The summed E-state index contributed by atoms with van der Waals surface area (Å²) < 4.78 is 5.10. The molecule has 0 radical (unpaired) electrons. The molecule has 3 rings (SSSR count). The molecule has 1 aromatic carbocycles. The van der Waals surface area contributed by atoms with Gasteiger partial charge in [-0.1, -0.05) is 6.42 Å². The molecule has 19 heavy (non-hydrogen) atoms. The van der Waals surface area contributed by atoms with Gasteiger partial charge < -0.3 is 15.8 Å². The number of carbonyl (C=O) groups excluding carboxylic acids is 1. The fourth-order valence-electron chi connectivity index (χ4n) is 3.55. The van der Waals surface area contributed by atoms with Crippen LogP contribution in [-0.2, 0) is 0 Å². The Hall–Kier alpha value is -1.71. The van der Waals surface area contributed by atoms with Crippen LogP contribution in [0.25, 0.3) is 0 Å². The second-order valence-electron chi connectivity index (χ2n) is 5.71. The summed E-state index contributed by atoms with van der Waals surface area (Å²) in [7, 11) is 1.57. The number of hydrogen-bond donors (Lipinski definition) is 2. The first-order valence-electron chi connectivity index (χ1n) is 6.91. The number of ether oxygens (including phenoxy) is 1. The summed E-state index contributed by atoms with van der Waals surface area (Å²) in [6.07, 6.45) is 5.03. The number of benzene rings is 1. The van der Waals surface area contributed by atoms with Crippen molar-refractivity contribution in [3.05, 3.63) is 23.8 Å². The second-order valence-corrected chi connectivity index (χ2v) is 5.71. The SMILES string of the molecule is COc1ccc(C(=O)NC2CC3CCC2C3)cc1N. The molecule has 4 heteroatoms. The Labute approximate surface area is 113 Å². The number of rotatable bonds is 3. The van der Waals surface area contributed by atoms with Crippen LogP contribution in [-0.4, -0.2) is 19.1 Å². The Balaban J connectivity index is 1.69. The molecule has 0 spiro atoms. The largest absolute Gasteiger partial charge is 0.495 e. The Morgan fingerprint density at radius 1 is 1.37 bits per heavy atom. The van der Waals surface area contributed by atoms with E-state index in [0.717, 1.165) is 12.3 Å². The van der Waals surface area contributed by atoms with Crippen molar-refractivity contribution >= 4 is 11.6 Å². The Morgan fingerprint density at radius 2 is 2.21 bits per heavy atom. The van der Waals surface area contributed by atoms with Crippen LogP contribution in [0.2, 0.25) is 0 Å². The van der Waals surface area contributed by atoms with Crippen molar-refractivity contribution in [1.29, 1.82) is 0 Å². The summed E-state index contributed by atoms with van der Waals surface area (Å²) in [5, 5.41) is 3.16. The molecule has 0 aromatic heterocycles. The van der Waals surface area contributed by atoms with E-state index in [1.165, 1.54) is 19.3 Å². The van der Waals surface area contributed by atoms with Gasteiger partial charge in [-0.25, -0.2) is 0 Å². The van der Waals surface area contributed by atoms with E-state index in [-0.39, 0.29) is 5.91 Å². The van der Waals surface area contributed by atoms with Gasteiger partial charge in [-0.2, -0.15) is 0 Å². The predicted molar refractivity (Wildman–Crippen MR) is 74.1 cm³/mol. The molecule has 2 aliphatic rings. The highest BCUT2D eigenvalue weighted by Gasteiger charge is 2.40. The molecule has 3 atom stereocenters. The standard InChI is InChI=1S/C15H20N2O2/c1-19-14-5-4-11(8-12(14)16)15(18)17-13-7-9-2-3-10(13)6-9/h4-5,8-10,13H,2-3,6-7,16H2,1H3,(H,17,18). The highest BCUT2D eigenvalue weighted by atomic mass is 16.5. The monoisotopic (exact) mass is 260 g/mol. The minimum absolute atomic E-state index is 0.0214. The van der Waals surface area contributed by atoms with Crippen LogP contribution < -0.4 is 15.8 Å². The van der Waals surface area contributed by atoms with Crippen LogP contribution in [0.4, 0.5) is 5.69 Å². The van der Waals surface area contributed by atoms with Crippen LogP contribution in [0.1, 0.15) is 36.0 Å². The van der Waals surface area contributed by atoms with E-state index in [2.05, 4.69) is 5.32 Å². The number of methoxy groups -OCH3 is 1. The first-order chi connectivity index (χ1) is 9.17.